The summed E-state index contributed by atoms with van der Waals surface area (Å²) in [6.45, 7) is 0.233. The van der Waals surface area contributed by atoms with Crippen LogP contribution in [-0.4, -0.2) is 21.9 Å². The zero-order valence-corrected chi connectivity index (χ0v) is 11.0. The Hall–Kier alpha value is -2.96. The maximum absolute atomic E-state index is 13.4. The first-order valence-corrected chi connectivity index (χ1v) is 6.06. The smallest absolute Gasteiger partial charge is 0.254 e. The first-order chi connectivity index (χ1) is 10.1. The number of rotatable bonds is 4. The zero-order chi connectivity index (χ0) is 15.2. The molecule has 1 heterocycles. The molecule has 6 nitrogen and oxygen atoms in total. The summed E-state index contributed by atoms with van der Waals surface area (Å²) in [7, 11) is 0. The maximum atomic E-state index is 13.4. The van der Waals surface area contributed by atoms with E-state index in [9.17, 15) is 9.18 Å². The van der Waals surface area contributed by atoms with Crippen molar-refractivity contribution in [3.63, 3.8) is 0 Å². The number of nitrogens with one attached hydrogen (secondary N) is 1. The van der Waals surface area contributed by atoms with Crippen LogP contribution in [-0.2, 0) is 6.54 Å². The number of halogens is 1. The molecule has 0 aliphatic carbocycles. The van der Waals surface area contributed by atoms with E-state index >= 15 is 0 Å². The zero-order valence-electron chi connectivity index (χ0n) is 11.0. The quantitative estimate of drug-likeness (QED) is 0.341. The summed E-state index contributed by atoms with van der Waals surface area (Å²) >= 11 is 0. The average Bonchev–Trinajstić information content (AvgIpc) is 2.52. The number of nitrogens with two attached hydrogens (primary N) is 1. The Bertz CT molecular complexity index is 671. The molecule has 2 rings (SSSR count). The van der Waals surface area contributed by atoms with Crippen LogP contribution < -0.4 is 11.1 Å². The van der Waals surface area contributed by atoms with E-state index in [1.54, 1.807) is 24.3 Å². The van der Waals surface area contributed by atoms with Gasteiger partial charge < -0.3 is 16.3 Å². The van der Waals surface area contributed by atoms with Gasteiger partial charge in [-0.3, -0.25) is 9.78 Å². The number of pyridine rings is 1. The molecule has 0 spiro atoms. The molecule has 0 fully saturated rings. The lowest BCUT2D eigenvalue weighted by Crippen LogP contribution is -2.24. The molecule has 21 heavy (non-hydrogen) atoms. The van der Waals surface area contributed by atoms with Gasteiger partial charge in [0.05, 0.1) is 11.8 Å². The van der Waals surface area contributed by atoms with Crippen molar-refractivity contribution < 1.29 is 14.4 Å². The maximum Gasteiger partial charge on any atom is 0.254 e. The molecule has 1 aromatic carbocycles. The fourth-order valence-electron chi connectivity index (χ4n) is 1.69. The van der Waals surface area contributed by atoms with Gasteiger partial charge >= 0.3 is 0 Å². The van der Waals surface area contributed by atoms with E-state index in [0.29, 0.717) is 5.56 Å². The molecule has 0 radical (unpaired) electrons. The SMILES string of the molecule is NC(=NO)c1ccc(CNC(=O)c2ccncc2F)cc1. The second-order valence-corrected chi connectivity index (χ2v) is 4.22. The van der Waals surface area contributed by atoms with E-state index in [1.165, 1.54) is 12.3 Å². The molecule has 0 aliphatic rings. The predicted octanol–water partition coefficient (Wildman–Crippen LogP) is 1.25. The van der Waals surface area contributed by atoms with Crippen LogP contribution >= 0.6 is 0 Å². The minimum Gasteiger partial charge on any atom is -0.409 e. The van der Waals surface area contributed by atoms with Crippen molar-refractivity contribution >= 4 is 11.7 Å². The van der Waals surface area contributed by atoms with E-state index in [-0.39, 0.29) is 17.9 Å². The molecule has 0 unspecified atom stereocenters. The van der Waals surface area contributed by atoms with Gasteiger partial charge in [0, 0.05) is 18.3 Å². The topological polar surface area (TPSA) is 101 Å². The number of amides is 1. The highest BCUT2D eigenvalue weighted by molar-refractivity contribution is 5.97. The number of hydrogen-bond donors (Lipinski definition) is 3. The Morgan fingerprint density at radius 1 is 1.33 bits per heavy atom. The molecule has 1 aromatic heterocycles. The minimum absolute atomic E-state index is 0.00411. The van der Waals surface area contributed by atoms with Crippen LogP contribution in [0.2, 0.25) is 0 Å². The number of carbonyl (C=O) groups is 1. The van der Waals surface area contributed by atoms with Crippen LogP contribution in [0.4, 0.5) is 4.39 Å². The fraction of sp³-hybridized carbons (Fsp3) is 0.0714. The Morgan fingerprint density at radius 3 is 2.67 bits per heavy atom. The normalized spacial score (nSPS) is 11.2. The van der Waals surface area contributed by atoms with Gasteiger partial charge in [-0.25, -0.2) is 4.39 Å². The second kappa shape index (κ2) is 6.47. The number of nitrogens with zero attached hydrogens (tertiary/aromatic N) is 2. The van der Waals surface area contributed by atoms with Crippen molar-refractivity contribution in [2.75, 3.05) is 0 Å². The first-order valence-electron chi connectivity index (χ1n) is 6.06. The minimum atomic E-state index is -0.669. The van der Waals surface area contributed by atoms with Crippen LogP contribution in [0, 0.1) is 5.82 Å². The molecule has 7 heteroatoms. The van der Waals surface area contributed by atoms with Crippen LogP contribution in [0.5, 0.6) is 0 Å². The van der Waals surface area contributed by atoms with Gasteiger partial charge in [-0.05, 0) is 11.6 Å². The van der Waals surface area contributed by atoms with Crippen molar-refractivity contribution in [1.29, 1.82) is 0 Å². The van der Waals surface area contributed by atoms with Gasteiger partial charge in [0.15, 0.2) is 11.7 Å². The summed E-state index contributed by atoms with van der Waals surface area (Å²) in [4.78, 5) is 15.4. The Kier molecular flexibility index (Phi) is 4.45. The number of aromatic nitrogens is 1. The number of carbonyl (C=O) groups excluding carboxylic acids is 1. The molecule has 0 saturated heterocycles. The van der Waals surface area contributed by atoms with Crippen LogP contribution in [0.1, 0.15) is 21.5 Å². The number of hydrogen-bond acceptors (Lipinski definition) is 4. The van der Waals surface area contributed by atoms with E-state index < -0.39 is 11.7 Å². The van der Waals surface area contributed by atoms with Crippen molar-refractivity contribution in [3.05, 3.63) is 65.2 Å². The summed E-state index contributed by atoms with van der Waals surface area (Å²) in [5.41, 5.74) is 6.75. The van der Waals surface area contributed by atoms with E-state index in [4.69, 9.17) is 10.9 Å². The van der Waals surface area contributed by atoms with Crippen LogP contribution in [0.15, 0.2) is 47.9 Å². The molecule has 2 aromatic rings. The average molecular weight is 288 g/mol. The summed E-state index contributed by atoms with van der Waals surface area (Å²) in [5, 5.41) is 14.0. The lowest BCUT2D eigenvalue weighted by atomic mass is 10.1. The van der Waals surface area contributed by atoms with Crippen molar-refractivity contribution in [2.45, 2.75) is 6.54 Å². The molecule has 1 amide bonds. The number of benzene rings is 1. The molecular weight excluding hydrogens is 275 g/mol. The summed E-state index contributed by atoms with van der Waals surface area (Å²) in [6.07, 6.45) is 2.34. The molecule has 0 aliphatic heterocycles. The van der Waals surface area contributed by atoms with Crippen molar-refractivity contribution in [2.24, 2.45) is 10.9 Å². The monoisotopic (exact) mass is 288 g/mol. The highest BCUT2D eigenvalue weighted by Crippen LogP contribution is 2.07. The Morgan fingerprint density at radius 2 is 2.05 bits per heavy atom. The highest BCUT2D eigenvalue weighted by Gasteiger charge is 2.10. The van der Waals surface area contributed by atoms with Gasteiger partial charge in [0.1, 0.15) is 0 Å². The summed E-state index contributed by atoms with van der Waals surface area (Å²) < 4.78 is 13.4. The largest absolute Gasteiger partial charge is 0.409 e. The molecule has 4 N–H and O–H groups in total. The second-order valence-electron chi connectivity index (χ2n) is 4.22. The Labute approximate surface area is 120 Å². The molecule has 0 bridgehead atoms. The lowest BCUT2D eigenvalue weighted by Gasteiger charge is -2.06. The summed E-state index contributed by atoms with van der Waals surface area (Å²) in [5.74, 6) is -1.18. The van der Waals surface area contributed by atoms with Gasteiger partial charge in [0.25, 0.3) is 5.91 Å². The van der Waals surface area contributed by atoms with Crippen LogP contribution in [0.25, 0.3) is 0 Å². The predicted molar refractivity (Wildman–Crippen MR) is 74.3 cm³/mol. The fourth-order valence-corrected chi connectivity index (χ4v) is 1.69. The third kappa shape index (κ3) is 3.53. The van der Waals surface area contributed by atoms with Gasteiger partial charge in [-0.2, -0.15) is 0 Å². The van der Waals surface area contributed by atoms with Gasteiger partial charge in [-0.1, -0.05) is 29.4 Å². The number of amidine groups is 1. The molecule has 0 saturated carbocycles. The third-order valence-corrected chi connectivity index (χ3v) is 2.83. The first kappa shape index (κ1) is 14.4. The number of oxime groups is 1. The standard InChI is InChI=1S/C14H13FN4O2/c15-12-8-17-6-5-11(12)14(20)18-7-9-1-3-10(4-2-9)13(16)19-21/h1-6,8,21H,7H2,(H2,16,19)(H,18,20). The third-order valence-electron chi connectivity index (χ3n) is 2.83. The van der Waals surface area contributed by atoms with E-state index in [1.807, 2.05) is 0 Å². The van der Waals surface area contributed by atoms with Crippen molar-refractivity contribution in [3.8, 4) is 0 Å². The highest BCUT2D eigenvalue weighted by atomic mass is 19.1. The van der Waals surface area contributed by atoms with E-state index in [0.717, 1.165) is 11.8 Å². The van der Waals surface area contributed by atoms with Gasteiger partial charge in [0.2, 0.25) is 0 Å². The molecule has 108 valence electrons. The van der Waals surface area contributed by atoms with E-state index in [2.05, 4.69) is 15.5 Å². The lowest BCUT2D eigenvalue weighted by molar-refractivity contribution is 0.0946. The van der Waals surface area contributed by atoms with Crippen LogP contribution in [0.3, 0.4) is 0 Å². The Balaban J connectivity index is 2.00. The summed E-state index contributed by atoms with van der Waals surface area (Å²) in [6, 6.07) is 8.06. The molecule has 0 atom stereocenters. The van der Waals surface area contributed by atoms with Gasteiger partial charge in [-0.15, -0.1) is 0 Å². The molecular formula is C14H13FN4O2. The van der Waals surface area contributed by atoms with Crippen molar-refractivity contribution in [1.82, 2.24) is 10.3 Å².